The molecule has 1 fully saturated rings. The molecule has 0 heterocycles. The molecule has 0 aromatic heterocycles. The smallest absolute Gasteiger partial charge is 0.244 e. The fourth-order valence-electron chi connectivity index (χ4n) is 1.35. The molecule has 5 heteroatoms. The lowest BCUT2D eigenvalue weighted by atomic mass is 10.2. The highest BCUT2D eigenvalue weighted by Crippen LogP contribution is 2.34. The summed E-state index contributed by atoms with van der Waals surface area (Å²) < 4.78 is 5.05. The number of rotatable bonds is 3. The van der Waals surface area contributed by atoms with Gasteiger partial charge in [0.15, 0.2) is 0 Å². The van der Waals surface area contributed by atoms with Gasteiger partial charge in [0.1, 0.15) is 5.75 Å². The van der Waals surface area contributed by atoms with Gasteiger partial charge < -0.3 is 15.8 Å². The van der Waals surface area contributed by atoms with E-state index in [-0.39, 0.29) is 5.91 Å². The van der Waals surface area contributed by atoms with Crippen LogP contribution in [0.5, 0.6) is 5.75 Å². The van der Waals surface area contributed by atoms with Crippen LogP contribution >= 0.6 is 11.6 Å². The lowest BCUT2D eigenvalue weighted by molar-refractivity contribution is -0.118. The predicted octanol–water partition coefficient (Wildman–Crippen LogP) is 1.78. The Hall–Kier alpha value is -1.26. The first-order valence-electron chi connectivity index (χ1n) is 4.99. The second-order valence-electron chi connectivity index (χ2n) is 3.96. The molecule has 0 spiro atoms. The summed E-state index contributed by atoms with van der Waals surface area (Å²) in [6.07, 6.45) is 1.48. The molecule has 1 amide bonds. The van der Waals surface area contributed by atoms with Crippen molar-refractivity contribution in [3.05, 3.63) is 23.2 Å². The van der Waals surface area contributed by atoms with E-state index in [4.69, 9.17) is 22.1 Å². The summed E-state index contributed by atoms with van der Waals surface area (Å²) in [5.41, 5.74) is 5.74. The van der Waals surface area contributed by atoms with E-state index in [1.54, 1.807) is 18.2 Å². The van der Waals surface area contributed by atoms with E-state index in [2.05, 4.69) is 5.32 Å². The molecule has 16 heavy (non-hydrogen) atoms. The van der Waals surface area contributed by atoms with Crippen molar-refractivity contribution in [2.75, 3.05) is 12.4 Å². The fraction of sp³-hybridized carbons (Fsp3) is 0.364. The van der Waals surface area contributed by atoms with Crippen LogP contribution in [0.2, 0.25) is 5.02 Å². The first-order valence-corrected chi connectivity index (χ1v) is 5.37. The minimum Gasteiger partial charge on any atom is -0.495 e. The molecule has 0 aliphatic heterocycles. The maximum Gasteiger partial charge on any atom is 0.244 e. The van der Waals surface area contributed by atoms with Gasteiger partial charge in [0.2, 0.25) is 5.91 Å². The highest BCUT2D eigenvalue weighted by Gasteiger charge is 2.45. The Morgan fingerprint density at radius 1 is 1.56 bits per heavy atom. The predicted molar refractivity (Wildman–Crippen MR) is 62.8 cm³/mol. The van der Waals surface area contributed by atoms with Gasteiger partial charge in [0, 0.05) is 11.8 Å². The van der Waals surface area contributed by atoms with Crippen LogP contribution in [0.3, 0.4) is 0 Å². The molecule has 3 N–H and O–H groups in total. The molecule has 86 valence electrons. The van der Waals surface area contributed by atoms with E-state index >= 15 is 0 Å². The molecule has 2 rings (SSSR count). The van der Waals surface area contributed by atoms with E-state index in [0.717, 1.165) is 12.8 Å². The molecule has 1 aromatic rings. The molecule has 0 bridgehead atoms. The number of carbonyl (C=O) groups excluding carboxylic acids is 1. The SMILES string of the molecule is COc1cc(NC(=O)C2(N)CC2)ccc1Cl. The number of carbonyl (C=O) groups is 1. The maximum absolute atomic E-state index is 11.7. The van der Waals surface area contributed by atoms with Crippen molar-refractivity contribution < 1.29 is 9.53 Å². The van der Waals surface area contributed by atoms with Gasteiger partial charge in [-0.15, -0.1) is 0 Å². The Morgan fingerprint density at radius 3 is 2.81 bits per heavy atom. The van der Waals surface area contributed by atoms with E-state index in [1.807, 2.05) is 0 Å². The van der Waals surface area contributed by atoms with Gasteiger partial charge >= 0.3 is 0 Å². The third kappa shape index (κ3) is 2.13. The molecular formula is C11H13ClN2O2. The lowest BCUT2D eigenvalue weighted by Gasteiger charge is -2.11. The Balaban J connectivity index is 2.12. The molecule has 0 unspecified atom stereocenters. The van der Waals surface area contributed by atoms with Gasteiger partial charge in [-0.05, 0) is 25.0 Å². The van der Waals surface area contributed by atoms with Crippen LogP contribution in [0.4, 0.5) is 5.69 Å². The Kier molecular flexibility index (Phi) is 2.78. The zero-order valence-corrected chi connectivity index (χ0v) is 9.67. The second kappa shape index (κ2) is 3.96. The number of hydrogen-bond donors (Lipinski definition) is 2. The molecule has 0 atom stereocenters. The lowest BCUT2D eigenvalue weighted by Crippen LogP contribution is -2.37. The van der Waals surface area contributed by atoms with Gasteiger partial charge in [-0.3, -0.25) is 4.79 Å². The number of halogens is 1. The van der Waals surface area contributed by atoms with Crippen molar-refractivity contribution in [2.24, 2.45) is 5.73 Å². The van der Waals surface area contributed by atoms with Crippen LogP contribution in [0.15, 0.2) is 18.2 Å². The summed E-state index contributed by atoms with van der Waals surface area (Å²) in [6, 6.07) is 5.06. The number of benzene rings is 1. The van der Waals surface area contributed by atoms with Crippen molar-refractivity contribution in [3.63, 3.8) is 0 Å². The Morgan fingerprint density at radius 2 is 2.25 bits per heavy atom. The number of ether oxygens (including phenoxy) is 1. The number of amides is 1. The van der Waals surface area contributed by atoms with E-state index < -0.39 is 5.54 Å². The van der Waals surface area contributed by atoms with Crippen LogP contribution < -0.4 is 15.8 Å². The zero-order valence-electron chi connectivity index (χ0n) is 8.92. The summed E-state index contributed by atoms with van der Waals surface area (Å²) in [6.45, 7) is 0. The van der Waals surface area contributed by atoms with Crippen LogP contribution in [0.25, 0.3) is 0 Å². The number of nitrogens with one attached hydrogen (secondary N) is 1. The van der Waals surface area contributed by atoms with Crippen molar-refractivity contribution in [2.45, 2.75) is 18.4 Å². The molecule has 0 saturated heterocycles. The van der Waals surface area contributed by atoms with E-state index in [9.17, 15) is 4.79 Å². The number of nitrogens with two attached hydrogens (primary N) is 1. The standard InChI is InChI=1S/C11H13ClN2O2/c1-16-9-6-7(2-3-8(9)12)14-10(15)11(13)4-5-11/h2-3,6H,4-5,13H2,1H3,(H,14,15). The van der Waals surface area contributed by atoms with Gasteiger partial charge in [-0.25, -0.2) is 0 Å². The monoisotopic (exact) mass is 240 g/mol. The quantitative estimate of drug-likeness (QED) is 0.847. The molecule has 1 aromatic carbocycles. The van der Waals surface area contributed by atoms with Gasteiger partial charge in [0.25, 0.3) is 0 Å². The third-order valence-corrected chi connectivity index (χ3v) is 2.96. The average Bonchev–Trinajstić information content (AvgIpc) is 3.01. The second-order valence-corrected chi connectivity index (χ2v) is 4.37. The van der Waals surface area contributed by atoms with Gasteiger partial charge in [-0.1, -0.05) is 11.6 Å². The van der Waals surface area contributed by atoms with Gasteiger partial charge in [0.05, 0.1) is 17.7 Å². The topological polar surface area (TPSA) is 64.3 Å². The summed E-state index contributed by atoms with van der Waals surface area (Å²) in [5, 5.41) is 3.25. The molecule has 1 saturated carbocycles. The van der Waals surface area contributed by atoms with Crippen LogP contribution in [-0.4, -0.2) is 18.6 Å². The summed E-state index contributed by atoms with van der Waals surface area (Å²) in [4.78, 5) is 11.7. The molecule has 1 aliphatic carbocycles. The molecule has 1 aliphatic rings. The number of anilines is 1. The number of methoxy groups -OCH3 is 1. The highest BCUT2D eigenvalue weighted by atomic mass is 35.5. The molecule has 4 nitrogen and oxygen atoms in total. The summed E-state index contributed by atoms with van der Waals surface area (Å²) in [5.74, 6) is 0.373. The average molecular weight is 241 g/mol. The first-order chi connectivity index (χ1) is 7.55. The van der Waals surface area contributed by atoms with Crippen molar-refractivity contribution >= 4 is 23.2 Å². The Bertz CT molecular complexity index is 430. The van der Waals surface area contributed by atoms with Crippen molar-refractivity contribution in [1.82, 2.24) is 0 Å². The fourth-order valence-corrected chi connectivity index (χ4v) is 1.55. The van der Waals surface area contributed by atoms with E-state index in [0.29, 0.717) is 16.5 Å². The molecular weight excluding hydrogens is 228 g/mol. The summed E-state index contributed by atoms with van der Waals surface area (Å²) >= 11 is 5.87. The van der Waals surface area contributed by atoms with Gasteiger partial charge in [-0.2, -0.15) is 0 Å². The minimum absolute atomic E-state index is 0.156. The molecule has 0 radical (unpaired) electrons. The van der Waals surface area contributed by atoms with Crippen molar-refractivity contribution in [3.8, 4) is 5.75 Å². The largest absolute Gasteiger partial charge is 0.495 e. The van der Waals surface area contributed by atoms with E-state index in [1.165, 1.54) is 7.11 Å². The van der Waals surface area contributed by atoms with Crippen LogP contribution in [0.1, 0.15) is 12.8 Å². The number of hydrogen-bond acceptors (Lipinski definition) is 3. The minimum atomic E-state index is -0.674. The van der Waals surface area contributed by atoms with Crippen molar-refractivity contribution in [1.29, 1.82) is 0 Å². The Labute approximate surface area is 98.7 Å². The van der Waals surface area contributed by atoms with Crippen LogP contribution in [0, 0.1) is 0 Å². The summed E-state index contributed by atoms with van der Waals surface area (Å²) in [7, 11) is 1.53. The van der Waals surface area contributed by atoms with Crippen LogP contribution in [-0.2, 0) is 4.79 Å². The maximum atomic E-state index is 11.7. The first kappa shape index (κ1) is 11.2. The highest BCUT2D eigenvalue weighted by molar-refractivity contribution is 6.32. The zero-order chi connectivity index (χ0) is 11.8. The third-order valence-electron chi connectivity index (χ3n) is 2.65. The normalized spacial score (nSPS) is 16.7.